The predicted molar refractivity (Wildman–Crippen MR) is 49.9 cm³/mol. The molecule has 3 heteroatoms. The second-order valence-corrected chi connectivity index (χ2v) is 4.05. The highest BCUT2D eigenvalue weighted by Gasteiger charge is 2.41. The molecular formula is C10H14N2O. The number of carbonyl (C=O) groups excluding carboxylic acids is 1. The Kier molecular flexibility index (Phi) is 2.01. The fraction of sp³-hybridized carbons (Fsp3) is 0.700. The van der Waals surface area contributed by atoms with Crippen molar-refractivity contribution in [2.45, 2.75) is 12.8 Å². The maximum atomic E-state index is 11.2. The summed E-state index contributed by atoms with van der Waals surface area (Å²) in [7, 11) is 0. The quantitative estimate of drug-likeness (QED) is 0.522. The molecule has 0 bridgehead atoms. The molecule has 1 spiro atoms. The molecule has 1 unspecified atom stereocenters. The standard InChI is InChI=1S/C10H14N2O/c1-2-9(13)12-6-4-10(8-12)3-5-11-7-10/h1,11H,3-8H2. The summed E-state index contributed by atoms with van der Waals surface area (Å²) in [5.41, 5.74) is 0.340. The number of carbonyl (C=O) groups is 1. The molecule has 1 N–H and O–H groups in total. The molecule has 1 atom stereocenters. The summed E-state index contributed by atoms with van der Waals surface area (Å²) in [5.74, 6) is 2.03. The first kappa shape index (κ1) is 8.58. The van der Waals surface area contributed by atoms with E-state index in [0.29, 0.717) is 5.41 Å². The van der Waals surface area contributed by atoms with Crippen LogP contribution in [0.3, 0.4) is 0 Å². The first-order valence-electron chi connectivity index (χ1n) is 4.72. The van der Waals surface area contributed by atoms with E-state index in [1.165, 1.54) is 6.42 Å². The Balaban J connectivity index is 2.01. The molecule has 2 fully saturated rings. The maximum absolute atomic E-state index is 11.2. The highest BCUT2D eigenvalue weighted by Crippen LogP contribution is 2.35. The van der Waals surface area contributed by atoms with Crippen LogP contribution in [0.2, 0.25) is 0 Å². The Hall–Kier alpha value is -1.01. The second kappa shape index (κ2) is 3.04. The fourth-order valence-electron chi connectivity index (χ4n) is 2.34. The zero-order chi connectivity index (χ0) is 9.31. The largest absolute Gasteiger partial charge is 0.331 e. The van der Waals surface area contributed by atoms with Crippen molar-refractivity contribution in [1.82, 2.24) is 10.2 Å². The van der Waals surface area contributed by atoms with E-state index in [9.17, 15) is 4.79 Å². The zero-order valence-corrected chi connectivity index (χ0v) is 7.68. The molecule has 0 aliphatic carbocycles. The van der Waals surface area contributed by atoms with Crippen LogP contribution in [0.15, 0.2) is 0 Å². The monoisotopic (exact) mass is 178 g/mol. The van der Waals surface area contributed by atoms with Gasteiger partial charge in [0, 0.05) is 25.0 Å². The molecule has 0 aromatic carbocycles. The number of nitrogens with one attached hydrogen (secondary N) is 1. The van der Waals surface area contributed by atoms with Crippen molar-refractivity contribution < 1.29 is 4.79 Å². The van der Waals surface area contributed by atoms with Crippen LogP contribution < -0.4 is 5.32 Å². The minimum absolute atomic E-state index is 0.149. The maximum Gasteiger partial charge on any atom is 0.298 e. The van der Waals surface area contributed by atoms with Crippen LogP contribution in [0.25, 0.3) is 0 Å². The van der Waals surface area contributed by atoms with Crippen LogP contribution in [0.1, 0.15) is 12.8 Å². The third-order valence-corrected chi connectivity index (χ3v) is 3.18. The topological polar surface area (TPSA) is 32.3 Å². The number of terminal acetylenes is 1. The summed E-state index contributed by atoms with van der Waals surface area (Å²) in [6, 6.07) is 0. The van der Waals surface area contributed by atoms with Gasteiger partial charge < -0.3 is 10.2 Å². The average molecular weight is 178 g/mol. The van der Waals surface area contributed by atoms with Crippen molar-refractivity contribution in [3.05, 3.63) is 0 Å². The third-order valence-electron chi connectivity index (χ3n) is 3.18. The van der Waals surface area contributed by atoms with Crippen molar-refractivity contribution in [2.24, 2.45) is 5.41 Å². The van der Waals surface area contributed by atoms with E-state index in [1.54, 1.807) is 4.90 Å². The van der Waals surface area contributed by atoms with Gasteiger partial charge in [0.2, 0.25) is 0 Å². The van der Waals surface area contributed by atoms with Gasteiger partial charge in [0.15, 0.2) is 0 Å². The first-order valence-corrected chi connectivity index (χ1v) is 4.72. The Labute approximate surface area is 78.5 Å². The number of rotatable bonds is 0. The minimum Gasteiger partial charge on any atom is -0.331 e. The highest BCUT2D eigenvalue weighted by atomic mass is 16.2. The summed E-state index contributed by atoms with van der Waals surface area (Å²) in [6.07, 6.45) is 7.37. The molecule has 0 radical (unpaired) electrons. The summed E-state index contributed by atoms with van der Waals surface area (Å²) in [4.78, 5) is 13.0. The summed E-state index contributed by atoms with van der Waals surface area (Å²) in [5, 5.41) is 3.34. The van der Waals surface area contributed by atoms with Crippen LogP contribution in [0.5, 0.6) is 0 Å². The van der Waals surface area contributed by atoms with Gasteiger partial charge in [-0.3, -0.25) is 4.79 Å². The van der Waals surface area contributed by atoms with Crippen LogP contribution in [-0.4, -0.2) is 37.0 Å². The molecule has 0 saturated carbocycles. The van der Waals surface area contributed by atoms with E-state index < -0.39 is 0 Å². The Bertz CT molecular complexity index is 261. The van der Waals surface area contributed by atoms with Gasteiger partial charge in [0.05, 0.1) is 0 Å². The molecule has 0 aromatic rings. The number of nitrogens with zero attached hydrogens (tertiary/aromatic N) is 1. The SMILES string of the molecule is C#CC(=O)N1CCC2(CCNC2)C1. The Morgan fingerprint density at radius 3 is 3.00 bits per heavy atom. The van der Waals surface area contributed by atoms with Gasteiger partial charge in [-0.15, -0.1) is 6.42 Å². The molecule has 3 nitrogen and oxygen atoms in total. The molecule has 2 saturated heterocycles. The summed E-state index contributed by atoms with van der Waals surface area (Å²) >= 11 is 0. The molecule has 0 aromatic heterocycles. The zero-order valence-electron chi connectivity index (χ0n) is 7.68. The van der Waals surface area contributed by atoms with Gasteiger partial charge in [-0.25, -0.2) is 0 Å². The lowest BCUT2D eigenvalue weighted by Gasteiger charge is -2.21. The Morgan fingerprint density at radius 1 is 1.54 bits per heavy atom. The van der Waals surface area contributed by atoms with Gasteiger partial charge in [-0.05, 0) is 25.3 Å². The van der Waals surface area contributed by atoms with Crippen molar-refractivity contribution in [3.63, 3.8) is 0 Å². The lowest BCUT2D eigenvalue weighted by molar-refractivity contribution is -0.124. The number of likely N-dealkylation sites (tertiary alicyclic amines) is 1. The van der Waals surface area contributed by atoms with E-state index >= 15 is 0 Å². The lowest BCUT2D eigenvalue weighted by Crippen LogP contribution is -2.32. The molecule has 2 aliphatic rings. The van der Waals surface area contributed by atoms with E-state index in [1.807, 2.05) is 0 Å². The van der Waals surface area contributed by atoms with Crippen LogP contribution in [0, 0.1) is 17.8 Å². The van der Waals surface area contributed by atoms with Gasteiger partial charge in [0.25, 0.3) is 5.91 Å². The van der Waals surface area contributed by atoms with Crippen molar-refractivity contribution in [2.75, 3.05) is 26.2 Å². The number of hydrogen-bond donors (Lipinski definition) is 1. The normalized spacial score (nSPS) is 32.4. The molecule has 2 rings (SSSR count). The molecule has 70 valence electrons. The molecule has 1 amide bonds. The van der Waals surface area contributed by atoms with E-state index in [-0.39, 0.29) is 5.91 Å². The second-order valence-electron chi connectivity index (χ2n) is 4.05. The molecule has 13 heavy (non-hydrogen) atoms. The first-order chi connectivity index (χ1) is 6.26. The molecule has 2 aliphatic heterocycles. The van der Waals surface area contributed by atoms with Gasteiger partial charge in [0.1, 0.15) is 0 Å². The average Bonchev–Trinajstić information content (AvgIpc) is 2.76. The van der Waals surface area contributed by atoms with E-state index in [2.05, 4.69) is 11.2 Å². The smallest absolute Gasteiger partial charge is 0.298 e. The van der Waals surface area contributed by atoms with E-state index in [0.717, 1.165) is 32.6 Å². The van der Waals surface area contributed by atoms with Crippen molar-refractivity contribution in [3.8, 4) is 12.3 Å². The molecular weight excluding hydrogens is 164 g/mol. The number of hydrogen-bond acceptors (Lipinski definition) is 2. The number of amides is 1. The fourth-order valence-corrected chi connectivity index (χ4v) is 2.34. The summed E-state index contributed by atoms with van der Waals surface area (Å²) in [6.45, 7) is 3.81. The van der Waals surface area contributed by atoms with Crippen LogP contribution >= 0.6 is 0 Å². The lowest BCUT2D eigenvalue weighted by atomic mass is 9.87. The highest BCUT2D eigenvalue weighted by molar-refractivity contribution is 5.93. The molecule has 2 heterocycles. The third kappa shape index (κ3) is 1.42. The van der Waals surface area contributed by atoms with Gasteiger partial charge >= 0.3 is 0 Å². The van der Waals surface area contributed by atoms with Crippen LogP contribution in [-0.2, 0) is 4.79 Å². The Morgan fingerprint density at radius 2 is 2.38 bits per heavy atom. The van der Waals surface area contributed by atoms with Gasteiger partial charge in [-0.2, -0.15) is 0 Å². The van der Waals surface area contributed by atoms with Gasteiger partial charge in [-0.1, -0.05) is 0 Å². The minimum atomic E-state index is -0.149. The van der Waals surface area contributed by atoms with Crippen molar-refractivity contribution in [1.29, 1.82) is 0 Å². The van der Waals surface area contributed by atoms with E-state index in [4.69, 9.17) is 6.42 Å². The predicted octanol–water partition coefficient (Wildman–Crippen LogP) is -0.168. The van der Waals surface area contributed by atoms with Crippen LogP contribution in [0.4, 0.5) is 0 Å². The summed E-state index contributed by atoms with van der Waals surface area (Å²) < 4.78 is 0. The van der Waals surface area contributed by atoms with Crippen molar-refractivity contribution >= 4 is 5.91 Å².